The summed E-state index contributed by atoms with van der Waals surface area (Å²) in [7, 11) is 1.93. The smallest absolute Gasteiger partial charge is 0.128 e. The van der Waals surface area contributed by atoms with Gasteiger partial charge in [0.15, 0.2) is 0 Å². The quantitative estimate of drug-likeness (QED) is 0.730. The van der Waals surface area contributed by atoms with Crippen LogP contribution in [0, 0.1) is 0 Å². The Morgan fingerprint density at radius 1 is 1.25 bits per heavy atom. The van der Waals surface area contributed by atoms with Crippen molar-refractivity contribution in [2.24, 2.45) is 7.05 Å². The summed E-state index contributed by atoms with van der Waals surface area (Å²) in [6.07, 6.45) is 7.76. The van der Waals surface area contributed by atoms with Crippen molar-refractivity contribution in [2.45, 2.75) is 32.9 Å². The molecule has 3 aromatic rings. The van der Waals surface area contributed by atoms with E-state index in [1.807, 2.05) is 30.3 Å². The number of aryl methyl sites for hydroxylation is 2. The zero-order chi connectivity index (χ0) is 16.5. The molecular formula is C17H20N6S. The molecule has 0 amide bonds. The highest BCUT2D eigenvalue weighted by Crippen LogP contribution is 2.25. The average Bonchev–Trinajstić information content (AvgIpc) is 3.23. The van der Waals surface area contributed by atoms with E-state index in [1.54, 1.807) is 11.3 Å². The lowest BCUT2D eigenvalue weighted by Crippen LogP contribution is -2.31. The van der Waals surface area contributed by atoms with Gasteiger partial charge in [-0.05, 0) is 12.0 Å². The average molecular weight is 340 g/mol. The normalized spacial score (nSPS) is 14.8. The lowest BCUT2D eigenvalue weighted by molar-refractivity contribution is 0.238. The van der Waals surface area contributed by atoms with Gasteiger partial charge in [0, 0.05) is 56.4 Å². The first-order chi connectivity index (χ1) is 11.7. The van der Waals surface area contributed by atoms with Crippen molar-refractivity contribution in [2.75, 3.05) is 6.54 Å². The highest BCUT2D eigenvalue weighted by atomic mass is 32.1. The van der Waals surface area contributed by atoms with Gasteiger partial charge in [-0.15, -0.1) is 11.3 Å². The summed E-state index contributed by atoms with van der Waals surface area (Å²) < 4.78 is 1.81. The Kier molecular flexibility index (Phi) is 4.12. The maximum absolute atomic E-state index is 4.77. The zero-order valence-corrected chi connectivity index (χ0v) is 14.8. The van der Waals surface area contributed by atoms with Gasteiger partial charge in [0.1, 0.15) is 10.8 Å². The molecule has 0 unspecified atom stereocenters. The van der Waals surface area contributed by atoms with Gasteiger partial charge in [-0.3, -0.25) is 9.58 Å². The van der Waals surface area contributed by atoms with E-state index < -0.39 is 0 Å². The second-order valence-electron chi connectivity index (χ2n) is 6.12. The van der Waals surface area contributed by atoms with Crippen molar-refractivity contribution in [1.82, 2.24) is 29.6 Å². The molecule has 0 aromatic carbocycles. The molecule has 4 heterocycles. The van der Waals surface area contributed by atoms with Crippen LogP contribution in [0.15, 0.2) is 24.0 Å². The summed E-state index contributed by atoms with van der Waals surface area (Å²) in [5, 5.41) is 7.40. The monoisotopic (exact) mass is 340 g/mol. The van der Waals surface area contributed by atoms with Crippen LogP contribution in [0.5, 0.6) is 0 Å². The van der Waals surface area contributed by atoms with Crippen LogP contribution >= 0.6 is 11.3 Å². The van der Waals surface area contributed by atoms with Crippen molar-refractivity contribution in [3.63, 3.8) is 0 Å². The fraction of sp³-hybridized carbons (Fsp3) is 0.412. The van der Waals surface area contributed by atoms with E-state index in [0.717, 1.165) is 54.6 Å². The van der Waals surface area contributed by atoms with Gasteiger partial charge in [0.05, 0.1) is 17.6 Å². The van der Waals surface area contributed by atoms with Gasteiger partial charge in [0.25, 0.3) is 0 Å². The van der Waals surface area contributed by atoms with Crippen molar-refractivity contribution in [3.8, 4) is 10.6 Å². The van der Waals surface area contributed by atoms with Crippen LogP contribution in [0.2, 0.25) is 0 Å². The molecule has 4 rings (SSSR count). The van der Waals surface area contributed by atoms with E-state index in [0.29, 0.717) is 0 Å². The molecule has 0 aliphatic carbocycles. The molecule has 0 fully saturated rings. The molecular weight excluding hydrogens is 320 g/mol. The van der Waals surface area contributed by atoms with E-state index in [2.05, 4.69) is 27.3 Å². The maximum atomic E-state index is 4.77. The summed E-state index contributed by atoms with van der Waals surface area (Å²) in [5.41, 5.74) is 4.67. The Morgan fingerprint density at radius 3 is 2.96 bits per heavy atom. The van der Waals surface area contributed by atoms with Crippen LogP contribution in [0.25, 0.3) is 10.6 Å². The van der Waals surface area contributed by atoms with Gasteiger partial charge in [-0.25, -0.2) is 15.0 Å². The van der Waals surface area contributed by atoms with Crippen LogP contribution in [-0.2, 0) is 33.0 Å². The molecule has 24 heavy (non-hydrogen) atoms. The minimum Gasteiger partial charge on any atom is -0.291 e. The number of aromatic nitrogens is 5. The lowest BCUT2D eigenvalue weighted by Gasteiger charge is -2.27. The molecule has 7 heteroatoms. The van der Waals surface area contributed by atoms with Gasteiger partial charge in [0.2, 0.25) is 0 Å². The van der Waals surface area contributed by atoms with Crippen LogP contribution in [0.3, 0.4) is 0 Å². The van der Waals surface area contributed by atoms with Gasteiger partial charge in [-0.2, -0.15) is 5.10 Å². The molecule has 0 atom stereocenters. The molecule has 6 nitrogen and oxygen atoms in total. The molecule has 1 aliphatic heterocycles. The van der Waals surface area contributed by atoms with E-state index >= 15 is 0 Å². The third-order valence-electron chi connectivity index (χ3n) is 4.28. The largest absolute Gasteiger partial charge is 0.291 e. The van der Waals surface area contributed by atoms with E-state index in [4.69, 9.17) is 9.97 Å². The van der Waals surface area contributed by atoms with Crippen molar-refractivity contribution in [3.05, 3.63) is 46.7 Å². The summed E-state index contributed by atoms with van der Waals surface area (Å²) >= 11 is 1.68. The predicted octanol–water partition coefficient (Wildman–Crippen LogP) is 2.45. The number of fused-ring (bicyclic) bond motifs is 1. The van der Waals surface area contributed by atoms with Gasteiger partial charge in [-0.1, -0.05) is 6.92 Å². The van der Waals surface area contributed by atoms with Gasteiger partial charge < -0.3 is 0 Å². The highest BCUT2D eigenvalue weighted by molar-refractivity contribution is 7.13. The Labute approximate surface area is 145 Å². The number of nitrogens with zero attached hydrogens (tertiary/aromatic N) is 6. The Morgan fingerprint density at radius 2 is 2.17 bits per heavy atom. The third-order valence-corrected chi connectivity index (χ3v) is 5.22. The van der Waals surface area contributed by atoms with Crippen molar-refractivity contribution in [1.29, 1.82) is 0 Å². The minimum absolute atomic E-state index is 0.863. The minimum atomic E-state index is 0.863. The molecule has 0 saturated carbocycles. The number of thiazole rings is 1. The first-order valence-electron chi connectivity index (χ1n) is 8.20. The van der Waals surface area contributed by atoms with E-state index in [9.17, 15) is 0 Å². The van der Waals surface area contributed by atoms with Crippen molar-refractivity contribution >= 4 is 11.3 Å². The van der Waals surface area contributed by atoms with Gasteiger partial charge >= 0.3 is 0 Å². The Hall–Kier alpha value is -2.12. The van der Waals surface area contributed by atoms with E-state index in [-0.39, 0.29) is 0 Å². The highest BCUT2D eigenvalue weighted by Gasteiger charge is 2.19. The third kappa shape index (κ3) is 3.09. The number of hydrogen-bond acceptors (Lipinski definition) is 6. The fourth-order valence-electron chi connectivity index (χ4n) is 2.98. The number of hydrogen-bond donors (Lipinski definition) is 0. The van der Waals surface area contributed by atoms with Crippen molar-refractivity contribution < 1.29 is 0 Å². The Balaban J connectivity index is 1.47. The van der Waals surface area contributed by atoms with E-state index in [1.165, 1.54) is 11.3 Å². The topological polar surface area (TPSA) is 59.7 Å². The second-order valence-corrected chi connectivity index (χ2v) is 6.98. The predicted molar refractivity (Wildman–Crippen MR) is 93.5 cm³/mol. The molecule has 3 aromatic heterocycles. The lowest BCUT2D eigenvalue weighted by atomic mass is 10.1. The SMILES string of the molecule is CCc1ncc2c(n1)CN(Cc1csc(-c3cnn(C)c3)n1)CC2. The first kappa shape index (κ1) is 15.4. The molecule has 0 N–H and O–H groups in total. The van der Waals surface area contributed by atoms with Crippen LogP contribution < -0.4 is 0 Å². The van der Waals surface area contributed by atoms with Crippen LogP contribution in [0.1, 0.15) is 29.7 Å². The summed E-state index contributed by atoms with van der Waals surface area (Å²) in [5.74, 6) is 0.933. The summed E-state index contributed by atoms with van der Waals surface area (Å²) in [6.45, 7) is 4.87. The fourth-order valence-corrected chi connectivity index (χ4v) is 3.76. The van der Waals surface area contributed by atoms with Crippen LogP contribution in [-0.4, -0.2) is 36.2 Å². The molecule has 124 valence electrons. The zero-order valence-electron chi connectivity index (χ0n) is 13.9. The maximum Gasteiger partial charge on any atom is 0.128 e. The summed E-state index contributed by atoms with van der Waals surface area (Å²) in [6, 6.07) is 0. The second kappa shape index (κ2) is 6.41. The standard InChI is InChI=1S/C17H20N6S/c1-3-16-18-6-12-4-5-23(10-15(12)21-16)9-14-11-24-17(20-14)13-7-19-22(2)8-13/h6-8,11H,3-5,9-10H2,1-2H3. The molecule has 0 saturated heterocycles. The molecule has 0 radical (unpaired) electrons. The molecule has 0 bridgehead atoms. The Bertz CT molecular complexity index is 852. The van der Waals surface area contributed by atoms with Crippen LogP contribution in [0.4, 0.5) is 0 Å². The first-order valence-corrected chi connectivity index (χ1v) is 9.08. The molecule has 0 spiro atoms. The molecule has 1 aliphatic rings. The summed E-state index contributed by atoms with van der Waals surface area (Å²) in [4.78, 5) is 16.3. The number of rotatable bonds is 4.